The van der Waals surface area contributed by atoms with Crippen molar-refractivity contribution >= 4 is 0 Å². The monoisotopic (exact) mass is 173 g/mol. The first-order valence-corrected chi connectivity index (χ1v) is 5.27. The van der Waals surface area contributed by atoms with Crippen LogP contribution in [-0.2, 0) is 0 Å². The zero-order valence-electron chi connectivity index (χ0n) is 9.78. The van der Waals surface area contributed by atoms with Gasteiger partial charge in [0, 0.05) is 5.54 Å². The fourth-order valence-electron chi connectivity index (χ4n) is 0.795. The first-order valence-electron chi connectivity index (χ1n) is 5.27. The average Bonchev–Trinajstić information content (AvgIpc) is 2.05. The highest BCUT2D eigenvalue weighted by molar-refractivity contribution is 4.76. The molecule has 0 aliphatic rings. The molecule has 0 saturated carbocycles. The van der Waals surface area contributed by atoms with Crippen LogP contribution in [0.2, 0.25) is 0 Å². The molecule has 1 nitrogen and oxygen atoms in total. The topological polar surface area (TPSA) is 26.0 Å². The smallest absolute Gasteiger partial charge is 0.0123 e. The molecule has 1 unspecified atom stereocenters. The van der Waals surface area contributed by atoms with Crippen LogP contribution in [0, 0.1) is 5.92 Å². The quantitative estimate of drug-likeness (QED) is 0.691. The van der Waals surface area contributed by atoms with Gasteiger partial charge in [0.1, 0.15) is 0 Å². The summed E-state index contributed by atoms with van der Waals surface area (Å²) in [5, 5.41) is 0. The fraction of sp³-hybridized carbons (Fsp3) is 1.00. The van der Waals surface area contributed by atoms with Crippen molar-refractivity contribution in [1.29, 1.82) is 0 Å². The first kappa shape index (κ1) is 14.5. The maximum atomic E-state index is 5.96. The minimum atomic E-state index is 0.0737. The molecular weight excluding hydrogens is 146 g/mol. The average molecular weight is 173 g/mol. The lowest BCUT2D eigenvalue weighted by Gasteiger charge is -2.23. The Hall–Kier alpha value is -0.0400. The van der Waals surface area contributed by atoms with E-state index in [9.17, 15) is 0 Å². The van der Waals surface area contributed by atoms with Gasteiger partial charge < -0.3 is 5.73 Å². The van der Waals surface area contributed by atoms with Gasteiger partial charge in [0.05, 0.1) is 0 Å². The zero-order chi connectivity index (χ0) is 10.2. The molecule has 0 bridgehead atoms. The van der Waals surface area contributed by atoms with Crippen LogP contribution in [0.4, 0.5) is 0 Å². The Morgan fingerprint density at radius 2 is 1.67 bits per heavy atom. The molecule has 0 aliphatic carbocycles. The third-order valence-corrected chi connectivity index (χ3v) is 2.10. The van der Waals surface area contributed by atoms with Crippen molar-refractivity contribution in [3.63, 3.8) is 0 Å². The second-order valence-electron chi connectivity index (χ2n) is 3.94. The van der Waals surface area contributed by atoms with Crippen molar-refractivity contribution in [2.45, 2.75) is 66.3 Å². The molecule has 0 aromatic heterocycles. The number of hydrogen-bond donors (Lipinski definition) is 1. The van der Waals surface area contributed by atoms with E-state index in [2.05, 4.69) is 27.7 Å². The van der Waals surface area contributed by atoms with E-state index in [1.54, 1.807) is 0 Å². The highest BCUT2D eigenvalue weighted by atomic mass is 14.7. The zero-order valence-corrected chi connectivity index (χ0v) is 9.78. The summed E-state index contributed by atoms with van der Waals surface area (Å²) in [6, 6.07) is 0. The predicted molar refractivity (Wildman–Crippen MR) is 58.3 cm³/mol. The minimum Gasteiger partial charge on any atom is -0.325 e. The van der Waals surface area contributed by atoms with Crippen LogP contribution in [0.3, 0.4) is 0 Å². The van der Waals surface area contributed by atoms with Gasteiger partial charge in [0.2, 0.25) is 0 Å². The lowest BCUT2D eigenvalue weighted by Crippen LogP contribution is -2.35. The largest absolute Gasteiger partial charge is 0.325 e. The second-order valence-corrected chi connectivity index (χ2v) is 3.94. The van der Waals surface area contributed by atoms with Crippen LogP contribution in [0.15, 0.2) is 0 Å². The summed E-state index contributed by atoms with van der Waals surface area (Å²) in [5.41, 5.74) is 6.04. The Morgan fingerprint density at radius 1 is 1.25 bits per heavy atom. The summed E-state index contributed by atoms with van der Waals surface area (Å²) >= 11 is 0. The molecule has 0 amide bonds. The van der Waals surface area contributed by atoms with Gasteiger partial charge in [-0.3, -0.25) is 0 Å². The number of nitrogens with two attached hydrogens (primary N) is 1. The summed E-state index contributed by atoms with van der Waals surface area (Å²) in [6.07, 6.45) is 3.49. The van der Waals surface area contributed by atoms with Gasteiger partial charge in [-0.15, -0.1) is 0 Å². The molecule has 2 N–H and O–H groups in total. The summed E-state index contributed by atoms with van der Waals surface area (Å²) in [7, 11) is 0. The Labute approximate surface area is 78.7 Å². The van der Waals surface area contributed by atoms with E-state index in [-0.39, 0.29) is 5.54 Å². The van der Waals surface area contributed by atoms with Crippen LogP contribution in [0.5, 0.6) is 0 Å². The minimum absolute atomic E-state index is 0.0737. The van der Waals surface area contributed by atoms with E-state index in [0.29, 0.717) is 0 Å². The Balaban J connectivity index is 0. The molecule has 0 aliphatic heterocycles. The highest BCUT2D eigenvalue weighted by Crippen LogP contribution is 2.16. The maximum absolute atomic E-state index is 5.96. The summed E-state index contributed by atoms with van der Waals surface area (Å²) < 4.78 is 0. The van der Waals surface area contributed by atoms with Crippen LogP contribution in [0.25, 0.3) is 0 Å². The summed E-state index contributed by atoms with van der Waals surface area (Å²) in [4.78, 5) is 0. The molecule has 1 heteroatoms. The van der Waals surface area contributed by atoms with E-state index in [4.69, 9.17) is 5.73 Å². The molecule has 76 valence electrons. The van der Waals surface area contributed by atoms with E-state index in [1.165, 1.54) is 6.42 Å². The predicted octanol–water partition coefficient (Wildman–Crippen LogP) is 3.58. The fourth-order valence-corrected chi connectivity index (χ4v) is 0.795. The molecule has 0 radical (unpaired) electrons. The van der Waals surface area contributed by atoms with E-state index >= 15 is 0 Å². The Bertz CT molecular complexity index is 85.0. The van der Waals surface area contributed by atoms with Crippen LogP contribution in [0.1, 0.15) is 60.8 Å². The first-order chi connectivity index (χ1) is 5.48. The van der Waals surface area contributed by atoms with E-state index in [0.717, 1.165) is 18.8 Å². The SMILES string of the molecule is CC.CCC(C)(N)CCC(C)C. The van der Waals surface area contributed by atoms with Crippen molar-refractivity contribution in [1.82, 2.24) is 0 Å². The standard InChI is InChI=1S/C9H21N.C2H6/c1-5-9(4,10)7-6-8(2)3;1-2/h8H,5-7,10H2,1-4H3;1-2H3. The molecule has 12 heavy (non-hydrogen) atoms. The van der Waals surface area contributed by atoms with E-state index < -0.39 is 0 Å². The van der Waals surface area contributed by atoms with Crippen molar-refractivity contribution in [2.24, 2.45) is 11.7 Å². The Morgan fingerprint density at radius 3 is 1.92 bits per heavy atom. The Kier molecular flexibility index (Phi) is 9.17. The van der Waals surface area contributed by atoms with Crippen molar-refractivity contribution in [2.75, 3.05) is 0 Å². The molecular formula is C11H27N. The maximum Gasteiger partial charge on any atom is 0.0123 e. The number of hydrogen-bond acceptors (Lipinski definition) is 1. The van der Waals surface area contributed by atoms with Crippen LogP contribution >= 0.6 is 0 Å². The molecule has 0 fully saturated rings. The lowest BCUT2D eigenvalue weighted by molar-refractivity contribution is 0.374. The van der Waals surface area contributed by atoms with Crippen LogP contribution in [-0.4, -0.2) is 5.54 Å². The van der Waals surface area contributed by atoms with Gasteiger partial charge in [-0.2, -0.15) is 0 Å². The normalized spacial score (nSPS) is 15.0. The third-order valence-electron chi connectivity index (χ3n) is 2.10. The summed E-state index contributed by atoms with van der Waals surface area (Å²) in [6.45, 7) is 12.8. The molecule has 0 spiro atoms. The molecule has 0 saturated heterocycles. The van der Waals surface area contributed by atoms with Gasteiger partial charge in [-0.25, -0.2) is 0 Å². The molecule has 0 rings (SSSR count). The van der Waals surface area contributed by atoms with Gasteiger partial charge >= 0.3 is 0 Å². The van der Waals surface area contributed by atoms with Gasteiger partial charge in [-0.05, 0) is 32.1 Å². The van der Waals surface area contributed by atoms with Gasteiger partial charge in [0.25, 0.3) is 0 Å². The highest BCUT2D eigenvalue weighted by Gasteiger charge is 2.14. The van der Waals surface area contributed by atoms with E-state index in [1.807, 2.05) is 13.8 Å². The lowest BCUT2D eigenvalue weighted by atomic mass is 9.91. The molecule has 0 heterocycles. The van der Waals surface area contributed by atoms with Crippen molar-refractivity contribution in [3.8, 4) is 0 Å². The molecule has 1 atom stereocenters. The van der Waals surface area contributed by atoms with Crippen LogP contribution < -0.4 is 5.73 Å². The molecule has 0 aromatic carbocycles. The molecule has 0 aromatic rings. The van der Waals surface area contributed by atoms with Gasteiger partial charge in [0.15, 0.2) is 0 Å². The third kappa shape index (κ3) is 9.96. The van der Waals surface area contributed by atoms with Gasteiger partial charge in [-0.1, -0.05) is 34.6 Å². The number of rotatable bonds is 4. The second kappa shape index (κ2) is 7.60. The van der Waals surface area contributed by atoms with Crippen molar-refractivity contribution in [3.05, 3.63) is 0 Å². The van der Waals surface area contributed by atoms with Crippen molar-refractivity contribution < 1.29 is 0 Å². The summed E-state index contributed by atoms with van der Waals surface area (Å²) in [5.74, 6) is 0.787.